The predicted molar refractivity (Wildman–Crippen MR) is 91.8 cm³/mol. The van der Waals surface area contributed by atoms with E-state index in [1.807, 2.05) is 48.5 Å². The van der Waals surface area contributed by atoms with Crippen LogP contribution in [0.3, 0.4) is 0 Å². The summed E-state index contributed by atoms with van der Waals surface area (Å²) in [7, 11) is 0. The highest BCUT2D eigenvalue weighted by atomic mass is 35.5. The average molecular weight is 327 g/mol. The fraction of sp³-hybridized carbons (Fsp3) is 0. The smallest absolute Gasteiger partial charge is 0.196 e. The van der Waals surface area contributed by atoms with Gasteiger partial charge in [0, 0.05) is 5.56 Å². The second kappa shape index (κ2) is 6.35. The summed E-state index contributed by atoms with van der Waals surface area (Å²) >= 11 is 12.3. The van der Waals surface area contributed by atoms with Crippen molar-refractivity contribution in [3.05, 3.63) is 94.0 Å². The molecule has 3 rings (SSSR count). The lowest BCUT2D eigenvalue weighted by molar-refractivity contribution is 0.103. The van der Waals surface area contributed by atoms with Crippen molar-refractivity contribution in [1.29, 1.82) is 0 Å². The van der Waals surface area contributed by atoms with E-state index in [0.29, 0.717) is 21.2 Å². The average Bonchev–Trinajstić information content (AvgIpc) is 2.55. The van der Waals surface area contributed by atoms with E-state index >= 15 is 0 Å². The number of ketones is 1. The van der Waals surface area contributed by atoms with Crippen molar-refractivity contribution in [2.24, 2.45) is 0 Å². The van der Waals surface area contributed by atoms with Crippen molar-refractivity contribution in [3.8, 4) is 11.1 Å². The third-order valence-corrected chi connectivity index (χ3v) is 4.08. The van der Waals surface area contributed by atoms with Crippen LogP contribution in [0, 0.1) is 0 Å². The zero-order chi connectivity index (χ0) is 15.5. The molecule has 3 heteroatoms. The highest BCUT2D eigenvalue weighted by Crippen LogP contribution is 2.31. The summed E-state index contributed by atoms with van der Waals surface area (Å²) in [6, 6.07) is 22.3. The molecule has 0 spiro atoms. The summed E-state index contributed by atoms with van der Waals surface area (Å²) in [5.74, 6) is -0.171. The van der Waals surface area contributed by atoms with Gasteiger partial charge in [-0.2, -0.15) is 0 Å². The molecule has 0 radical (unpaired) electrons. The van der Waals surface area contributed by atoms with E-state index in [0.717, 1.165) is 11.1 Å². The Morgan fingerprint density at radius 1 is 0.682 bits per heavy atom. The molecule has 0 N–H and O–H groups in total. The summed E-state index contributed by atoms with van der Waals surface area (Å²) in [5.41, 5.74) is 2.77. The maximum atomic E-state index is 12.9. The van der Waals surface area contributed by atoms with Gasteiger partial charge in [-0.3, -0.25) is 4.79 Å². The number of carbonyl (C=O) groups excluding carboxylic acids is 1. The minimum Gasteiger partial charge on any atom is -0.288 e. The van der Waals surface area contributed by atoms with Gasteiger partial charge >= 0.3 is 0 Å². The van der Waals surface area contributed by atoms with Crippen LogP contribution in [0.25, 0.3) is 11.1 Å². The van der Waals surface area contributed by atoms with Crippen LogP contribution < -0.4 is 0 Å². The van der Waals surface area contributed by atoms with Crippen molar-refractivity contribution in [3.63, 3.8) is 0 Å². The molecular weight excluding hydrogens is 315 g/mol. The number of halogens is 2. The van der Waals surface area contributed by atoms with Crippen LogP contribution in [-0.4, -0.2) is 5.78 Å². The zero-order valence-electron chi connectivity index (χ0n) is 11.6. The van der Waals surface area contributed by atoms with Crippen molar-refractivity contribution >= 4 is 29.0 Å². The summed E-state index contributed by atoms with van der Waals surface area (Å²) in [4.78, 5) is 12.9. The lowest BCUT2D eigenvalue weighted by atomic mass is 9.94. The van der Waals surface area contributed by atoms with E-state index in [-0.39, 0.29) is 5.78 Å². The van der Waals surface area contributed by atoms with Crippen molar-refractivity contribution < 1.29 is 4.79 Å². The number of benzene rings is 3. The van der Waals surface area contributed by atoms with Gasteiger partial charge in [-0.25, -0.2) is 0 Å². The van der Waals surface area contributed by atoms with E-state index in [1.54, 1.807) is 24.3 Å². The Labute approximate surface area is 139 Å². The van der Waals surface area contributed by atoms with Crippen molar-refractivity contribution in [2.45, 2.75) is 0 Å². The van der Waals surface area contributed by atoms with Gasteiger partial charge in [0.2, 0.25) is 0 Å². The van der Waals surface area contributed by atoms with Crippen LogP contribution in [0.2, 0.25) is 10.0 Å². The molecule has 3 aromatic carbocycles. The Morgan fingerprint density at radius 3 is 1.95 bits per heavy atom. The molecule has 0 aromatic heterocycles. The van der Waals surface area contributed by atoms with Crippen LogP contribution >= 0.6 is 23.2 Å². The van der Waals surface area contributed by atoms with Gasteiger partial charge < -0.3 is 0 Å². The van der Waals surface area contributed by atoms with Crippen molar-refractivity contribution in [2.75, 3.05) is 0 Å². The predicted octanol–water partition coefficient (Wildman–Crippen LogP) is 5.89. The first-order valence-corrected chi connectivity index (χ1v) is 7.57. The Balaban J connectivity index is 2.16. The number of hydrogen-bond donors (Lipinski definition) is 0. The first-order chi connectivity index (χ1) is 10.7. The highest BCUT2D eigenvalue weighted by molar-refractivity contribution is 6.41. The molecule has 0 unspecified atom stereocenters. The minimum atomic E-state index is -0.171. The van der Waals surface area contributed by atoms with Gasteiger partial charge in [0.25, 0.3) is 0 Å². The van der Waals surface area contributed by atoms with Crippen LogP contribution in [-0.2, 0) is 0 Å². The molecule has 0 saturated carbocycles. The van der Waals surface area contributed by atoms with Crippen molar-refractivity contribution in [1.82, 2.24) is 0 Å². The first-order valence-electron chi connectivity index (χ1n) is 6.81. The third-order valence-electron chi connectivity index (χ3n) is 3.45. The van der Waals surface area contributed by atoms with Crippen LogP contribution in [0.1, 0.15) is 15.9 Å². The molecule has 0 aliphatic rings. The molecule has 1 nitrogen and oxygen atoms in total. The van der Waals surface area contributed by atoms with Gasteiger partial charge in [-0.15, -0.1) is 0 Å². The topological polar surface area (TPSA) is 17.1 Å². The van der Waals surface area contributed by atoms with E-state index in [1.165, 1.54) is 0 Å². The Kier molecular flexibility index (Phi) is 4.28. The summed E-state index contributed by atoms with van der Waals surface area (Å²) < 4.78 is 0. The molecule has 0 amide bonds. The molecule has 3 aromatic rings. The molecule has 0 bridgehead atoms. The number of hydrogen-bond acceptors (Lipinski definition) is 1. The largest absolute Gasteiger partial charge is 0.288 e. The van der Waals surface area contributed by atoms with Gasteiger partial charge in [-0.1, -0.05) is 83.9 Å². The first kappa shape index (κ1) is 14.8. The normalized spacial score (nSPS) is 10.5. The maximum absolute atomic E-state index is 12.9. The monoisotopic (exact) mass is 326 g/mol. The van der Waals surface area contributed by atoms with Gasteiger partial charge in [0.15, 0.2) is 5.78 Å². The van der Waals surface area contributed by atoms with Crippen LogP contribution in [0.4, 0.5) is 0 Å². The SMILES string of the molecule is O=C(c1ccccc1-c1ccccc1)c1c(Cl)cccc1Cl. The zero-order valence-corrected chi connectivity index (χ0v) is 13.1. The van der Waals surface area contributed by atoms with E-state index in [4.69, 9.17) is 23.2 Å². The van der Waals surface area contributed by atoms with Crippen LogP contribution in [0.5, 0.6) is 0 Å². The van der Waals surface area contributed by atoms with E-state index in [2.05, 4.69) is 0 Å². The highest BCUT2D eigenvalue weighted by Gasteiger charge is 2.19. The molecule has 108 valence electrons. The standard InChI is InChI=1S/C19H12Cl2O/c20-16-11-6-12-17(21)18(16)19(22)15-10-5-4-9-14(15)13-7-2-1-3-8-13/h1-12H. The Hall–Kier alpha value is -2.09. The second-order valence-corrected chi connectivity index (χ2v) is 5.65. The molecule has 0 atom stereocenters. The molecule has 0 heterocycles. The lowest BCUT2D eigenvalue weighted by Crippen LogP contribution is -2.05. The third kappa shape index (κ3) is 2.78. The van der Waals surface area contributed by atoms with Gasteiger partial charge in [0.1, 0.15) is 0 Å². The molecule has 0 aliphatic carbocycles. The van der Waals surface area contributed by atoms with E-state index in [9.17, 15) is 4.79 Å². The minimum absolute atomic E-state index is 0.171. The fourth-order valence-corrected chi connectivity index (χ4v) is 2.97. The number of rotatable bonds is 3. The summed E-state index contributed by atoms with van der Waals surface area (Å²) in [5, 5.41) is 0.723. The summed E-state index contributed by atoms with van der Waals surface area (Å²) in [6.45, 7) is 0. The quantitative estimate of drug-likeness (QED) is 0.548. The van der Waals surface area contributed by atoms with E-state index < -0.39 is 0 Å². The summed E-state index contributed by atoms with van der Waals surface area (Å²) in [6.07, 6.45) is 0. The Bertz CT molecular complexity index is 806. The van der Waals surface area contributed by atoms with Crippen LogP contribution in [0.15, 0.2) is 72.8 Å². The molecule has 22 heavy (non-hydrogen) atoms. The lowest BCUT2D eigenvalue weighted by Gasteiger charge is -2.11. The fourth-order valence-electron chi connectivity index (χ4n) is 2.40. The molecular formula is C19H12Cl2O. The molecule has 0 aliphatic heterocycles. The van der Waals surface area contributed by atoms with Gasteiger partial charge in [-0.05, 0) is 23.3 Å². The Morgan fingerprint density at radius 2 is 1.27 bits per heavy atom. The molecule has 0 saturated heterocycles. The molecule has 0 fully saturated rings. The second-order valence-electron chi connectivity index (χ2n) is 4.84. The maximum Gasteiger partial charge on any atom is 0.196 e. The number of carbonyl (C=O) groups is 1. The van der Waals surface area contributed by atoms with Gasteiger partial charge in [0.05, 0.1) is 15.6 Å².